The van der Waals surface area contributed by atoms with Gasteiger partial charge in [0, 0.05) is 23.1 Å². The first-order valence-electron chi connectivity index (χ1n) is 8.96. The van der Waals surface area contributed by atoms with E-state index in [1.54, 1.807) is 12.1 Å². The maximum atomic E-state index is 13.8. The fourth-order valence-corrected chi connectivity index (χ4v) is 4.59. The van der Waals surface area contributed by atoms with Crippen molar-refractivity contribution in [1.29, 1.82) is 0 Å². The molecule has 1 aliphatic carbocycles. The Kier molecular flexibility index (Phi) is 4.53. The van der Waals surface area contributed by atoms with Crippen molar-refractivity contribution in [2.24, 2.45) is 11.8 Å². The second-order valence-electron chi connectivity index (χ2n) is 7.21. The summed E-state index contributed by atoms with van der Waals surface area (Å²) in [4.78, 5) is 0. The number of aliphatic hydroxyl groups excluding tert-OH is 1. The molecule has 26 heavy (non-hydrogen) atoms. The minimum absolute atomic E-state index is 0.0355. The third-order valence-corrected chi connectivity index (χ3v) is 6.00. The van der Waals surface area contributed by atoms with E-state index in [4.69, 9.17) is 11.6 Å². The monoisotopic (exact) mass is 378 g/mol. The van der Waals surface area contributed by atoms with Crippen LogP contribution >= 0.6 is 11.6 Å². The van der Waals surface area contributed by atoms with Gasteiger partial charge in [0.05, 0.1) is 18.0 Å². The predicted molar refractivity (Wildman–Crippen MR) is 99.3 cm³/mol. The Balaban J connectivity index is 1.81. The average Bonchev–Trinajstić information content (AvgIpc) is 3.26. The molecule has 1 aliphatic heterocycles. The van der Waals surface area contributed by atoms with Gasteiger partial charge in [-0.15, -0.1) is 0 Å². The van der Waals surface area contributed by atoms with E-state index in [-0.39, 0.29) is 12.5 Å². The third kappa shape index (κ3) is 2.83. The number of halogens is 3. The molecule has 4 rings (SSSR count). The van der Waals surface area contributed by atoms with E-state index in [1.165, 1.54) is 12.1 Å². The van der Waals surface area contributed by atoms with Crippen LogP contribution in [0.25, 0.3) is 0 Å². The van der Waals surface area contributed by atoms with E-state index >= 15 is 0 Å². The molecule has 6 heteroatoms. The largest absolute Gasteiger partial charge is 0.396 e. The summed E-state index contributed by atoms with van der Waals surface area (Å²) in [7, 11) is 0. The lowest BCUT2D eigenvalue weighted by Crippen LogP contribution is -2.50. The second kappa shape index (κ2) is 6.71. The first kappa shape index (κ1) is 17.6. The van der Waals surface area contributed by atoms with Crippen LogP contribution in [-0.4, -0.2) is 11.7 Å². The molecule has 0 bridgehead atoms. The van der Waals surface area contributed by atoms with Crippen LogP contribution in [0.4, 0.5) is 20.2 Å². The molecule has 138 valence electrons. The second-order valence-corrected chi connectivity index (χ2v) is 7.65. The van der Waals surface area contributed by atoms with Crippen LogP contribution in [0.5, 0.6) is 0 Å². The quantitative estimate of drug-likeness (QED) is 0.693. The van der Waals surface area contributed by atoms with E-state index in [0.717, 1.165) is 31.2 Å². The van der Waals surface area contributed by atoms with Crippen LogP contribution in [0.15, 0.2) is 36.4 Å². The van der Waals surface area contributed by atoms with Gasteiger partial charge < -0.3 is 15.7 Å². The molecule has 3 nitrogen and oxygen atoms in total. The number of rotatable bonds is 4. The van der Waals surface area contributed by atoms with Gasteiger partial charge in [-0.25, -0.2) is 8.78 Å². The Bertz CT molecular complexity index is 775. The summed E-state index contributed by atoms with van der Waals surface area (Å²) in [5.74, 6) is -1.62. The Hall–Kier alpha value is -1.85. The molecule has 2 aromatic rings. The van der Waals surface area contributed by atoms with Gasteiger partial charge >= 0.3 is 0 Å². The van der Waals surface area contributed by atoms with Crippen LogP contribution in [0.1, 0.15) is 31.2 Å². The lowest BCUT2D eigenvalue weighted by molar-refractivity contribution is 0.125. The van der Waals surface area contributed by atoms with Crippen molar-refractivity contribution in [2.45, 2.75) is 31.3 Å². The molecule has 1 atom stereocenters. The van der Waals surface area contributed by atoms with Crippen molar-refractivity contribution in [3.05, 3.63) is 58.6 Å². The van der Waals surface area contributed by atoms with Crippen LogP contribution in [0.2, 0.25) is 5.02 Å². The summed E-state index contributed by atoms with van der Waals surface area (Å²) in [5.41, 5.74) is 1.03. The van der Waals surface area contributed by atoms with Crippen molar-refractivity contribution in [2.75, 3.05) is 17.2 Å². The molecule has 1 saturated carbocycles. The predicted octanol–water partition coefficient (Wildman–Crippen LogP) is 5.11. The van der Waals surface area contributed by atoms with Gasteiger partial charge in [0.1, 0.15) is 5.66 Å². The molecule has 0 saturated heterocycles. The van der Waals surface area contributed by atoms with Crippen molar-refractivity contribution in [3.63, 3.8) is 0 Å². The number of nitrogens with one attached hydrogen (secondary N) is 2. The lowest BCUT2D eigenvalue weighted by Gasteiger charge is -2.41. The molecule has 0 spiro atoms. The summed E-state index contributed by atoms with van der Waals surface area (Å²) < 4.78 is 27.5. The van der Waals surface area contributed by atoms with Crippen molar-refractivity contribution >= 4 is 23.0 Å². The minimum Gasteiger partial charge on any atom is -0.396 e. The summed E-state index contributed by atoms with van der Waals surface area (Å²) in [6.45, 7) is -0.0355. The van der Waals surface area contributed by atoms with Gasteiger partial charge in [0.25, 0.3) is 0 Å². The van der Waals surface area contributed by atoms with Crippen molar-refractivity contribution in [1.82, 2.24) is 0 Å². The van der Waals surface area contributed by atoms with E-state index in [9.17, 15) is 13.9 Å². The molecular weight excluding hydrogens is 358 g/mol. The smallest absolute Gasteiger partial charge is 0.161 e. The number of anilines is 2. The molecule has 1 fully saturated rings. The van der Waals surface area contributed by atoms with E-state index < -0.39 is 17.3 Å². The van der Waals surface area contributed by atoms with Gasteiger partial charge in [0.15, 0.2) is 11.6 Å². The van der Waals surface area contributed by atoms with Crippen molar-refractivity contribution in [3.8, 4) is 0 Å². The normalized spacial score (nSPS) is 19.7. The summed E-state index contributed by atoms with van der Waals surface area (Å²) in [6.07, 6.45) is 4.33. The Morgan fingerprint density at radius 1 is 1.04 bits per heavy atom. The Labute approximate surface area is 156 Å². The van der Waals surface area contributed by atoms with Gasteiger partial charge in [0.2, 0.25) is 0 Å². The number of hydrogen-bond donors (Lipinski definition) is 3. The molecule has 0 amide bonds. The molecule has 2 aliphatic rings. The third-order valence-electron chi connectivity index (χ3n) is 5.75. The van der Waals surface area contributed by atoms with E-state index in [1.807, 2.05) is 12.1 Å². The van der Waals surface area contributed by atoms with Gasteiger partial charge in [-0.3, -0.25) is 0 Å². The highest BCUT2D eigenvalue weighted by Crippen LogP contribution is 2.49. The zero-order valence-corrected chi connectivity index (χ0v) is 15.0. The lowest BCUT2D eigenvalue weighted by atomic mass is 9.77. The Morgan fingerprint density at radius 3 is 2.08 bits per heavy atom. The summed E-state index contributed by atoms with van der Waals surface area (Å²) >= 11 is 6.05. The molecule has 1 unspecified atom stereocenters. The highest BCUT2D eigenvalue weighted by atomic mass is 35.5. The number of hydrogen-bond acceptors (Lipinski definition) is 3. The van der Waals surface area contributed by atoms with E-state index in [0.29, 0.717) is 22.3 Å². The number of benzene rings is 2. The summed E-state index contributed by atoms with van der Waals surface area (Å²) in [6, 6.07) is 9.68. The molecular formula is C20H21ClF2N2O. The van der Waals surface area contributed by atoms with Crippen LogP contribution in [0.3, 0.4) is 0 Å². The Morgan fingerprint density at radius 2 is 1.58 bits per heavy atom. The first-order chi connectivity index (χ1) is 12.5. The van der Waals surface area contributed by atoms with Crippen LogP contribution in [0, 0.1) is 23.5 Å². The molecule has 0 aromatic heterocycles. The molecule has 3 N–H and O–H groups in total. The zero-order valence-electron chi connectivity index (χ0n) is 14.2. The zero-order chi connectivity index (χ0) is 18.3. The fraction of sp³-hybridized carbons (Fsp3) is 0.400. The molecule has 2 aromatic carbocycles. The van der Waals surface area contributed by atoms with Gasteiger partial charge in [-0.05, 0) is 36.5 Å². The SMILES string of the molecule is OCC(C1CCCC1)C1(c2ccc(Cl)cc2)Nc2cc(F)c(F)cc2N1. The number of aliphatic hydroxyl groups is 1. The van der Waals surface area contributed by atoms with Gasteiger partial charge in [-0.2, -0.15) is 0 Å². The molecule has 0 radical (unpaired) electrons. The molecule has 1 heterocycles. The van der Waals surface area contributed by atoms with Crippen LogP contribution in [-0.2, 0) is 5.66 Å². The topological polar surface area (TPSA) is 44.3 Å². The highest BCUT2D eigenvalue weighted by molar-refractivity contribution is 6.30. The summed E-state index contributed by atoms with van der Waals surface area (Å²) in [5, 5.41) is 17.6. The standard InChI is InChI=1S/C20H21ClF2N2O/c21-14-7-5-13(6-8-14)20(15(11-26)12-3-1-2-4-12)24-18-9-16(22)17(23)10-19(18)25-20/h5-10,12,15,24-26H,1-4,11H2. The van der Waals surface area contributed by atoms with E-state index in [2.05, 4.69) is 10.6 Å². The number of fused-ring (bicyclic) bond motifs is 1. The maximum Gasteiger partial charge on any atom is 0.161 e. The maximum absolute atomic E-state index is 13.8. The first-order valence-corrected chi connectivity index (χ1v) is 9.33. The fourth-order valence-electron chi connectivity index (χ4n) is 4.47. The highest BCUT2D eigenvalue weighted by Gasteiger charge is 2.48. The average molecular weight is 379 g/mol. The van der Waals surface area contributed by atoms with Crippen molar-refractivity contribution < 1.29 is 13.9 Å². The minimum atomic E-state index is -0.897. The van der Waals surface area contributed by atoms with Crippen LogP contribution < -0.4 is 10.6 Å². The van der Waals surface area contributed by atoms with Gasteiger partial charge in [-0.1, -0.05) is 36.6 Å².